The Kier molecular flexibility index (Phi) is 5.98. The summed E-state index contributed by atoms with van der Waals surface area (Å²) in [6.07, 6.45) is 1.46. The van der Waals surface area contributed by atoms with Crippen LogP contribution in [0.2, 0.25) is 5.02 Å². The second-order valence-electron chi connectivity index (χ2n) is 6.99. The van der Waals surface area contributed by atoms with Gasteiger partial charge in [0, 0.05) is 22.6 Å². The van der Waals surface area contributed by atoms with E-state index in [1.807, 2.05) is 0 Å². The second kappa shape index (κ2) is 8.86. The van der Waals surface area contributed by atoms with E-state index in [9.17, 15) is 13.2 Å². The Balaban J connectivity index is 1.55. The predicted octanol–water partition coefficient (Wildman–Crippen LogP) is 4.68. The number of hydrogen-bond donors (Lipinski definition) is 2. The molecule has 0 aliphatic rings. The molecule has 162 valence electrons. The molecule has 0 spiro atoms. The predicted molar refractivity (Wildman–Crippen MR) is 127 cm³/mol. The van der Waals surface area contributed by atoms with E-state index in [0.717, 1.165) is 0 Å². The molecule has 9 heteroatoms. The maximum atomic E-state index is 12.8. The lowest BCUT2D eigenvalue weighted by atomic mass is 10.2. The number of nitrogens with one attached hydrogen (secondary N) is 2. The zero-order chi connectivity index (χ0) is 22.7. The van der Waals surface area contributed by atoms with Crippen molar-refractivity contribution in [3.05, 3.63) is 105 Å². The molecule has 0 radical (unpaired) electrons. The number of rotatable bonds is 6. The van der Waals surface area contributed by atoms with Gasteiger partial charge in [0.15, 0.2) is 0 Å². The number of anilines is 1. The van der Waals surface area contributed by atoms with E-state index < -0.39 is 10.0 Å². The molecule has 2 N–H and O–H groups in total. The monoisotopic (exact) mass is 466 g/mol. The SMILES string of the molecule is Cc1[nH]n(-c2cccc(Cl)c2)c(=O)c1C=Nc1ccc(S(=O)(=O)Nc2ccccc2)cc1. The van der Waals surface area contributed by atoms with Crippen molar-refractivity contribution in [1.29, 1.82) is 0 Å². The van der Waals surface area contributed by atoms with E-state index in [-0.39, 0.29) is 10.5 Å². The smallest absolute Gasteiger partial charge is 0.280 e. The van der Waals surface area contributed by atoms with Crippen LogP contribution in [-0.4, -0.2) is 24.4 Å². The molecule has 0 saturated carbocycles. The first-order chi connectivity index (χ1) is 15.3. The molecule has 0 aliphatic heterocycles. The minimum atomic E-state index is -3.71. The quantitative estimate of drug-likeness (QED) is 0.404. The van der Waals surface area contributed by atoms with Gasteiger partial charge in [0.1, 0.15) is 0 Å². The summed E-state index contributed by atoms with van der Waals surface area (Å²) < 4.78 is 29.0. The van der Waals surface area contributed by atoms with E-state index in [2.05, 4.69) is 14.8 Å². The maximum absolute atomic E-state index is 12.8. The summed E-state index contributed by atoms with van der Waals surface area (Å²) in [5.74, 6) is 0. The van der Waals surface area contributed by atoms with Crippen molar-refractivity contribution in [2.24, 2.45) is 4.99 Å². The lowest BCUT2D eigenvalue weighted by Gasteiger charge is -2.07. The Morgan fingerprint density at radius 3 is 2.41 bits per heavy atom. The number of aromatic amines is 1. The number of halogens is 1. The molecular weight excluding hydrogens is 448 g/mol. The lowest BCUT2D eigenvalue weighted by Crippen LogP contribution is -2.17. The number of para-hydroxylation sites is 1. The number of H-pyrrole nitrogens is 1. The number of aliphatic imine (C=N–C) groups is 1. The average Bonchev–Trinajstić information content (AvgIpc) is 3.06. The Hall–Kier alpha value is -3.62. The largest absolute Gasteiger partial charge is 0.295 e. The van der Waals surface area contributed by atoms with Gasteiger partial charge < -0.3 is 0 Å². The molecule has 0 aliphatic carbocycles. The molecule has 0 saturated heterocycles. The fourth-order valence-electron chi connectivity index (χ4n) is 3.08. The van der Waals surface area contributed by atoms with Gasteiger partial charge in [0.05, 0.1) is 21.8 Å². The van der Waals surface area contributed by atoms with Crippen LogP contribution in [0.5, 0.6) is 0 Å². The van der Waals surface area contributed by atoms with Gasteiger partial charge in [-0.15, -0.1) is 0 Å². The van der Waals surface area contributed by atoms with E-state index in [0.29, 0.717) is 33.3 Å². The number of aromatic nitrogens is 2. The maximum Gasteiger partial charge on any atom is 0.280 e. The van der Waals surface area contributed by atoms with E-state index in [1.54, 1.807) is 73.7 Å². The third kappa shape index (κ3) is 4.66. The first-order valence-electron chi connectivity index (χ1n) is 9.63. The molecule has 0 fully saturated rings. The van der Waals surface area contributed by atoms with Crippen molar-refractivity contribution in [3.8, 4) is 5.69 Å². The molecule has 0 amide bonds. The van der Waals surface area contributed by atoms with Crippen molar-refractivity contribution < 1.29 is 8.42 Å². The van der Waals surface area contributed by atoms with Crippen LogP contribution in [0.4, 0.5) is 11.4 Å². The minimum Gasteiger partial charge on any atom is -0.295 e. The van der Waals surface area contributed by atoms with Gasteiger partial charge in [-0.3, -0.25) is 19.6 Å². The molecule has 4 rings (SSSR count). The fraction of sp³-hybridized carbons (Fsp3) is 0.0435. The minimum absolute atomic E-state index is 0.112. The molecule has 1 aromatic heterocycles. The number of benzene rings is 3. The lowest BCUT2D eigenvalue weighted by molar-refractivity contribution is 0.601. The van der Waals surface area contributed by atoms with Crippen LogP contribution in [0.25, 0.3) is 5.69 Å². The first kappa shape index (κ1) is 21.6. The second-order valence-corrected chi connectivity index (χ2v) is 9.11. The van der Waals surface area contributed by atoms with Crippen LogP contribution >= 0.6 is 11.6 Å². The Labute approximate surface area is 190 Å². The van der Waals surface area contributed by atoms with Gasteiger partial charge in [0.2, 0.25) is 0 Å². The normalized spacial score (nSPS) is 11.7. The Morgan fingerprint density at radius 2 is 1.72 bits per heavy atom. The first-order valence-corrected chi connectivity index (χ1v) is 11.5. The molecule has 32 heavy (non-hydrogen) atoms. The van der Waals surface area contributed by atoms with E-state index in [4.69, 9.17) is 11.6 Å². The number of nitrogens with zero attached hydrogens (tertiary/aromatic N) is 2. The van der Waals surface area contributed by atoms with Gasteiger partial charge >= 0.3 is 0 Å². The molecule has 0 unspecified atom stereocenters. The number of hydrogen-bond acceptors (Lipinski definition) is 4. The van der Waals surface area contributed by atoms with Crippen molar-refractivity contribution in [2.75, 3.05) is 4.72 Å². The highest BCUT2D eigenvalue weighted by atomic mass is 35.5. The topological polar surface area (TPSA) is 96.3 Å². The molecule has 0 atom stereocenters. The van der Waals surface area contributed by atoms with Crippen molar-refractivity contribution in [3.63, 3.8) is 0 Å². The Morgan fingerprint density at radius 1 is 1.00 bits per heavy atom. The molecule has 7 nitrogen and oxygen atoms in total. The standard InChI is InChI=1S/C23H19ClN4O3S/c1-16-22(23(29)28(26-16)20-9-5-6-17(24)14-20)15-25-18-10-12-21(13-11-18)32(30,31)27-19-7-3-2-4-8-19/h2-15,26-27H,1H3. The zero-order valence-electron chi connectivity index (χ0n) is 17.0. The average molecular weight is 467 g/mol. The summed E-state index contributed by atoms with van der Waals surface area (Å²) in [5, 5.41) is 3.53. The third-order valence-corrected chi connectivity index (χ3v) is 6.33. The number of aryl methyl sites for hydroxylation is 1. The van der Waals surface area contributed by atoms with Crippen LogP contribution in [0.1, 0.15) is 11.3 Å². The number of sulfonamides is 1. The summed E-state index contributed by atoms with van der Waals surface area (Å²) in [7, 11) is -3.71. The summed E-state index contributed by atoms with van der Waals surface area (Å²) in [5.41, 5.74) is 2.38. The summed E-state index contributed by atoms with van der Waals surface area (Å²) in [6.45, 7) is 1.77. The highest BCUT2D eigenvalue weighted by molar-refractivity contribution is 7.92. The summed E-state index contributed by atoms with van der Waals surface area (Å²) >= 11 is 6.02. The highest BCUT2D eigenvalue weighted by Gasteiger charge is 2.14. The van der Waals surface area contributed by atoms with Crippen molar-refractivity contribution in [2.45, 2.75) is 11.8 Å². The highest BCUT2D eigenvalue weighted by Crippen LogP contribution is 2.20. The van der Waals surface area contributed by atoms with Crippen LogP contribution in [0.3, 0.4) is 0 Å². The van der Waals surface area contributed by atoms with Gasteiger partial charge in [-0.2, -0.15) is 0 Å². The van der Waals surface area contributed by atoms with Gasteiger partial charge in [-0.1, -0.05) is 35.9 Å². The Bertz CT molecular complexity index is 1440. The summed E-state index contributed by atoms with van der Waals surface area (Å²) in [6, 6.07) is 21.7. The molecule has 4 aromatic rings. The van der Waals surface area contributed by atoms with Crippen LogP contribution in [0, 0.1) is 6.92 Å². The third-order valence-electron chi connectivity index (χ3n) is 4.70. The van der Waals surface area contributed by atoms with Crippen LogP contribution in [-0.2, 0) is 10.0 Å². The molecular formula is C23H19ClN4O3S. The fourth-order valence-corrected chi connectivity index (χ4v) is 4.32. The van der Waals surface area contributed by atoms with Crippen molar-refractivity contribution >= 4 is 39.2 Å². The molecule has 1 heterocycles. The van der Waals surface area contributed by atoms with Crippen LogP contribution in [0.15, 0.2) is 93.5 Å². The molecule has 0 bridgehead atoms. The van der Waals surface area contributed by atoms with Crippen molar-refractivity contribution in [1.82, 2.24) is 9.78 Å². The van der Waals surface area contributed by atoms with Gasteiger partial charge in [-0.05, 0) is 61.5 Å². The van der Waals surface area contributed by atoms with E-state index >= 15 is 0 Å². The van der Waals surface area contributed by atoms with Crippen LogP contribution < -0.4 is 10.3 Å². The zero-order valence-corrected chi connectivity index (χ0v) is 18.6. The molecule has 3 aromatic carbocycles. The van der Waals surface area contributed by atoms with Gasteiger partial charge in [-0.25, -0.2) is 13.1 Å². The summed E-state index contributed by atoms with van der Waals surface area (Å²) in [4.78, 5) is 17.2. The van der Waals surface area contributed by atoms with Gasteiger partial charge in [0.25, 0.3) is 15.6 Å². The van der Waals surface area contributed by atoms with E-state index in [1.165, 1.54) is 23.0 Å².